The third-order valence-corrected chi connectivity index (χ3v) is 5.33. The van der Waals surface area contributed by atoms with Crippen LogP contribution in [0.4, 0.5) is 4.39 Å². The Balaban J connectivity index is 1.63. The number of hydrogen-bond donors (Lipinski definition) is 1. The van der Waals surface area contributed by atoms with Gasteiger partial charge in [0.1, 0.15) is 5.75 Å². The number of carbonyl (C=O) groups is 1. The van der Waals surface area contributed by atoms with Crippen LogP contribution in [0.2, 0.25) is 0 Å². The third kappa shape index (κ3) is 4.65. The fourth-order valence-electron chi connectivity index (χ4n) is 2.80. The molecule has 0 spiro atoms. The van der Waals surface area contributed by atoms with Crippen molar-refractivity contribution in [3.8, 4) is 22.9 Å². The van der Waals surface area contributed by atoms with E-state index in [1.54, 1.807) is 26.3 Å². The van der Waals surface area contributed by atoms with Crippen LogP contribution in [0.25, 0.3) is 11.4 Å². The van der Waals surface area contributed by atoms with E-state index in [2.05, 4.69) is 10.2 Å². The van der Waals surface area contributed by atoms with Gasteiger partial charge in [-0.3, -0.25) is 4.79 Å². The molecule has 0 aliphatic carbocycles. The van der Waals surface area contributed by atoms with E-state index in [4.69, 9.17) is 15.3 Å². The van der Waals surface area contributed by atoms with Crippen LogP contribution in [-0.2, 0) is 11.3 Å². The quantitative estimate of drug-likeness (QED) is 0.433. The molecule has 0 radical (unpaired) electrons. The maximum Gasteiger partial charge on any atom is 0.233 e. The standard InChI is InChI=1S/C20H22FN5O3S/c1-25(11-13-8-9-17(29-3)15(21)10-13)18(27)12-30-20-24-23-19(26(20)22)14-6-4-5-7-16(14)28-2/h4-10H,11-12,22H2,1-3H3. The summed E-state index contributed by atoms with van der Waals surface area (Å²) in [7, 11) is 4.62. The Kier molecular flexibility index (Phi) is 6.78. The summed E-state index contributed by atoms with van der Waals surface area (Å²) in [6, 6.07) is 11.9. The van der Waals surface area contributed by atoms with Crippen molar-refractivity contribution < 1.29 is 18.7 Å². The number of nitrogens with zero attached hydrogens (tertiary/aromatic N) is 4. The zero-order chi connectivity index (χ0) is 21.7. The zero-order valence-corrected chi connectivity index (χ0v) is 17.6. The van der Waals surface area contributed by atoms with Gasteiger partial charge in [-0.05, 0) is 29.8 Å². The molecule has 0 fully saturated rings. The lowest BCUT2D eigenvalue weighted by molar-refractivity contribution is -0.127. The lowest BCUT2D eigenvalue weighted by Crippen LogP contribution is -2.28. The molecule has 1 amide bonds. The molecule has 10 heteroatoms. The summed E-state index contributed by atoms with van der Waals surface area (Å²) in [6.07, 6.45) is 0. The van der Waals surface area contributed by atoms with E-state index in [-0.39, 0.29) is 24.0 Å². The highest BCUT2D eigenvalue weighted by Gasteiger charge is 2.18. The van der Waals surface area contributed by atoms with Gasteiger partial charge in [-0.15, -0.1) is 10.2 Å². The SMILES string of the molecule is COc1ccc(CN(C)C(=O)CSc2nnc(-c3ccccc3OC)n2N)cc1F. The number of para-hydroxylation sites is 1. The first kappa shape index (κ1) is 21.4. The summed E-state index contributed by atoms with van der Waals surface area (Å²) in [6.45, 7) is 0.266. The van der Waals surface area contributed by atoms with Crippen LogP contribution >= 0.6 is 11.8 Å². The van der Waals surface area contributed by atoms with Crippen molar-refractivity contribution >= 4 is 17.7 Å². The predicted molar refractivity (Wildman–Crippen MR) is 112 cm³/mol. The molecule has 30 heavy (non-hydrogen) atoms. The fourth-order valence-corrected chi connectivity index (χ4v) is 3.59. The Morgan fingerprint density at radius 2 is 1.90 bits per heavy atom. The molecule has 158 valence electrons. The molecule has 3 aromatic rings. The van der Waals surface area contributed by atoms with Gasteiger partial charge in [-0.25, -0.2) is 9.07 Å². The number of ether oxygens (including phenoxy) is 2. The molecule has 0 unspecified atom stereocenters. The van der Waals surface area contributed by atoms with Crippen molar-refractivity contribution in [2.24, 2.45) is 0 Å². The number of nitrogen functional groups attached to an aromatic ring is 1. The van der Waals surface area contributed by atoms with Crippen LogP contribution < -0.4 is 15.3 Å². The van der Waals surface area contributed by atoms with Crippen LogP contribution in [0, 0.1) is 5.82 Å². The average Bonchev–Trinajstić information content (AvgIpc) is 3.12. The number of halogens is 1. The second-order valence-corrected chi connectivity index (χ2v) is 7.33. The third-order valence-electron chi connectivity index (χ3n) is 4.40. The maximum absolute atomic E-state index is 13.8. The van der Waals surface area contributed by atoms with Crippen molar-refractivity contribution in [1.82, 2.24) is 19.8 Å². The number of methoxy groups -OCH3 is 2. The summed E-state index contributed by atoms with van der Waals surface area (Å²) in [4.78, 5) is 14.0. The van der Waals surface area contributed by atoms with Gasteiger partial charge < -0.3 is 20.2 Å². The molecule has 2 aromatic carbocycles. The molecule has 0 bridgehead atoms. The number of hydrogen-bond acceptors (Lipinski definition) is 7. The van der Waals surface area contributed by atoms with Crippen LogP contribution in [0.3, 0.4) is 0 Å². The molecule has 0 saturated heterocycles. The topological polar surface area (TPSA) is 95.5 Å². The zero-order valence-electron chi connectivity index (χ0n) is 16.8. The minimum absolute atomic E-state index is 0.108. The molecule has 3 rings (SSSR count). The lowest BCUT2D eigenvalue weighted by Gasteiger charge is -2.17. The summed E-state index contributed by atoms with van der Waals surface area (Å²) in [5.74, 6) is 6.83. The van der Waals surface area contributed by atoms with Crippen molar-refractivity contribution in [3.63, 3.8) is 0 Å². The molecular formula is C20H22FN5O3S. The van der Waals surface area contributed by atoms with Crippen molar-refractivity contribution in [2.75, 3.05) is 32.9 Å². The van der Waals surface area contributed by atoms with Crippen molar-refractivity contribution in [3.05, 3.63) is 53.8 Å². The number of amides is 1. The Morgan fingerprint density at radius 1 is 1.17 bits per heavy atom. The highest BCUT2D eigenvalue weighted by molar-refractivity contribution is 7.99. The average molecular weight is 431 g/mol. The molecule has 0 saturated carbocycles. The molecule has 8 nitrogen and oxygen atoms in total. The number of nitrogens with two attached hydrogens (primary N) is 1. The van der Waals surface area contributed by atoms with Gasteiger partial charge in [0.25, 0.3) is 0 Å². The molecule has 0 aliphatic heterocycles. The smallest absolute Gasteiger partial charge is 0.233 e. The van der Waals surface area contributed by atoms with E-state index >= 15 is 0 Å². The van der Waals surface area contributed by atoms with Crippen LogP contribution in [0.1, 0.15) is 5.56 Å². The molecular weight excluding hydrogens is 409 g/mol. The van der Waals surface area contributed by atoms with E-state index in [1.807, 2.05) is 18.2 Å². The monoisotopic (exact) mass is 431 g/mol. The van der Waals surface area contributed by atoms with Crippen LogP contribution in [0.15, 0.2) is 47.6 Å². The van der Waals surface area contributed by atoms with Gasteiger partial charge in [0, 0.05) is 13.6 Å². The van der Waals surface area contributed by atoms with Gasteiger partial charge in [0.05, 0.1) is 25.5 Å². The second kappa shape index (κ2) is 9.49. The van der Waals surface area contributed by atoms with Gasteiger partial charge in [0.15, 0.2) is 17.4 Å². The number of carbonyl (C=O) groups excluding carboxylic acids is 1. The Labute approximate surface area is 177 Å². The summed E-state index contributed by atoms with van der Waals surface area (Å²) >= 11 is 1.17. The van der Waals surface area contributed by atoms with Gasteiger partial charge in [0.2, 0.25) is 11.1 Å². The van der Waals surface area contributed by atoms with Crippen LogP contribution in [-0.4, -0.2) is 52.7 Å². The molecule has 2 N–H and O–H groups in total. The first-order chi connectivity index (χ1) is 14.4. The molecule has 1 aromatic heterocycles. The summed E-state index contributed by atoms with van der Waals surface area (Å²) in [5.41, 5.74) is 1.36. The number of aromatic nitrogens is 3. The highest BCUT2D eigenvalue weighted by atomic mass is 32.2. The second-order valence-electron chi connectivity index (χ2n) is 6.38. The number of benzene rings is 2. The molecule has 0 atom stereocenters. The molecule has 0 aliphatic rings. The Bertz CT molecular complexity index is 1040. The van der Waals surface area contributed by atoms with E-state index in [9.17, 15) is 9.18 Å². The normalized spacial score (nSPS) is 10.7. The van der Waals surface area contributed by atoms with Crippen molar-refractivity contribution in [2.45, 2.75) is 11.7 Å². The number of thioether (sulfide) groups is 1. The summed E-state index contributed by atoms with van der Waals surface area (Å²) < 4.78 is 25.4. The fraction of sp³-hybridized carbons (Fsp3) is 0.250. The Morgan fingerprint density at radius 3 is 2.60 bits per heavy atom. The van der Waals surface area contributed by atoms with Crippen LogP contribution in [0.5, 0.6) is 11.5 Å². The van der Waals surface area contributed by atoms with Crippen molar-refractivity contribution in [1.29, 1.82) is 0 Å². The molecule has 1 heterocycles. The van der Waals surface area contributed by atoms with Gasteiger partial charge in [-0.1, -0.05) is 30.0 Å². The van der Waals surface area contributed by atoms with Gasteiger partial charge >= 0.3 is 0 Å². The summed E-state index contributed by atoms with van der Waals surface area (Å²) in [5, 5.41) is 8.59. The lowest BCUT2D eigenvalue weighted by atomic mass is 10.2. The first-order valence-corrected chi connectivity index (χ1v) is 9.96. The first-order valence-electron chi connectivity index (χ1n) is 8.97. The minimum atomic E-state index is -0.467. The highest BCUT2D eigenvalue weighted by Crippen LogP contribution is 2.29. The van der Waals surface area contributed by atoms with E-state index in [1.165, 1.54) is 40.6 Å². The Hall–Kier alpha value is -3.27. The van der Waals surface area contributed by atoms with E-state index < -0.39 is 5.82 Å². The van der Waals surface area contributed by atoms with Gasteiger partial charge in [-0.2, -0.15) is 0 Å². The maximum atomic E-state index is 13.8. The minimum Gasteiger partial charge on any atom is -0.496 e. The predicted octanol–water partition coefficient (Wildman–Crippen LogP) is 2.57. The van der Waals surface area contributed by atoms with E-state index in [0.29, 0.717) is 27.9 Å². The van der Waals surface area contributed by atoms with E-state index in [0.717, 1.165) is 0 Å². The largest absolute Gasteiger partial charge is 0.496 e. The number of rotatable bonds is 8.